The SMILES string of the molecule is C/C(C(=O)OC(C)(C)C)=C1/CC[C@@H](C[C@H](O)C[S@@](=O)c2ccc(C)cc2)O1. The fourth-order valence-corrected chi connectivity index (χ4v) is 3.97. The van der Waals surface area contributed by atoms with Crippen LogP contribution in [0.3, 0.4) is 0 Å². The number of hydrogen-bond acceptors (Lipinski definition) is 5. The molecule has 1 aliphatic rings. The molecule has 1 aromatic rings. The van der Waals surface area contributed by atoms with Gasteiger partial charge in [0.1, 0.15) is 17.5 Å². The van der Waals surface area contributed by atoms with E-state index < -0.39 is 22.5 Å². The number of carbonyl (C=O) groups excluding carboxylic acids is 1. The van der Waals surface area contributed by atoms with E-state index in [0.29, 0.717) is 29.1 Å². The highest BCUT2D eigenvalue weighted by molar-refractivity contribution is 7.85. The predicted octanol–water partition coefficient (Wildman–Crippen LogP) is 3.65. The lowest BCUT2D eigenvalue weighted by Gasteiger charge is -2.20. The van der Waals surface area contributed by atoms with E-state index in [2.05, 4.69) is 0 Å². The molecule has 0 radical (unpaired) electrons. The quantitative estimate of drug-likeness (QED) is 0.589. The predicted molar refractivity (Wildman–Crippen MR) is 106 cm³/mol. The highest BCUT2D eigenvalue weighted by Gasteiger charge is 2.28. The van der Waals surface area contributed by atoms with Crippen LogP contribution in [0, 0.1) is 6.92 Å². The molecule has 0 aliphatic carbocycles. The molecule has 1 aliphatic heterocycles. The number of benzene rings is 1. The van der Waals surface area contributed by atoms with Gasteiger partial charge in [0.2, 0.25) is 0 Å². The minimum absolute atomic E-state index is 0.174. The van der Waals surface area contributed by atoms with Crippen LogP contribution in [0.4, 0.5) is 0 Å². The van der Waals surface area contributed by atoms with Gasteiger partial charge >= 0.3 is 5.97 Å². The summed E-state index contributed by atoms with van der Waals surface area (Å²) < 4.78 is 23.6. The maximum atomic E-state index is 12.4. The molecule has 27 heavy (non-hydrogen) atoms. The normalized spacial score (nSPS) is 21.3. The zero-order chi connectivity index (χ0) is 20.2. The van der Waals surface area contributed by atoms with E-state index in [0.717, 1.165) is 12.0 Å². The van der Waals surface area contributed by atoms with Crippen molar-refractivity contribution in [2.24, 2.45) is 0 Å². The largest absolute Gasteiger partial charge is 0.494 e. The molecule has 0 aromatic heterocycles. The molecule has 0 spiro atoms. The number of allylic oxidation sites excluding steroid dienone is 1. The van der Waals surface area contributed by atoms with Crippen LogP contribution in [-0.4, -0.2) is 38.8 Å². The van der Waals surface area contributed by atoms with Crippen LogP contribution < -0.4 is 0 Å². The minimum Gasteiger partial charge on any atom is -0.494 e. The highest BCUT2D eigenvalue weighted by atomic mass is 32.2. The van der Waals surface area contributed by atoms with E-state index in [9.17, 15) is 14.1 Å². The molecule has 1 heterocycles. The standard InChI is InChI=1S/C21H30O5S/c1-14-6-9-18(10-7-14)27(24)13-16(22)12-17-8-11-19(25-17)15(2)20(23)26-21(3,4)5/h6-7,9-10,16-17,22H,8,11-13H2,1-5H3/b19-15+/t16-,17-,27+/m0/s1. The van der Waals surface area contributed by atoms with Crippen molar-refractivity contribution >= 4 is 16.8 Å². The molecular formula is C21H30O5S. The number of hydrogen-bond donors (Lipinski definition) is 1. The van der Waals surface area contributed by atoms with Gasteiger partial charge in [-0.2, -0.15) is 0 Å². The number of rotatable bonds is 6. The van der Waals surface area contributed by atoms with Crippen LogP contribution in [-0.2, 0) is 25.1 Å². The second-order valence-electron chi connectivity index (χ2n) is 8.04. The molecule has 0 saturated carbocycles. The number of aliphatic hydroxyl groups excluding tert-OH is 1. The Morgan fingerprint density at radius 1 is 1.33 bits per heavy atom. The second-order valence-corrected chi connectivity index (χ2v) is 9.54. The van der Waals surface area contributed by atoms with Gasteiger partial charge in [0.15, 0.2) is 0 Å². The Labute approximate surface area is 164 Å². The Morgan fingerprint density at radius 2 is 1.96 bits per heavy atom. The van der Waals surface area contributed by atoms with Crippen molar-refractivity contribution in [2.75, 3.05) is 5.75 Å². The van der Waals surface area contributed by atoms with Gasteiger partial charge in [-0.3, -0.25) is 4.21 Å². The van der Waals surface area contributed by atoms with Gasteiger partial charge in [0.05, 0.1) is 28.2 Å². The monoisotopic (exact) mass is 394 g/mol. The molecule has 3 atom stereocenters. The number of aryl methyl sites for hydroxylation is 1. The van der Waals surface area contributed by atoms with E-state index in [-0.39, 0.29) is 17.8 Å². The van der Waals surface area contributed by atoms with Crippen molar-refractivity contribution < 1.29 is 23.6 Å². The molecule has 150 valence electrons. The Hall–Kier alpha value is -1.66. The Bertz CT molecular complexity index is 715. The summed E-state index contributed by atoms with van der Waals surface area (Å²) in [6.07, 6.45) is 0.858. The van der Waals surface area contributed by atoms with Crippen LogP contribution in [0.15, 0.2) is 40.5 Å². The summed E-state index contributed by atoms with van der Waals surface area (Å²) in [5.41, 5.74) is 1.04. The van der Waals surface area contributed by atoms with Gasteiger partial charge in [-0.05, 0) is 53.2 Å². The van der Waals surface area contributed by atoms with Crippen LogP contribution in [0.1, 0.15) is 52.5 Å². The Kier molecular flexibility index (Phi) is 7.23. The van der Waals surface area contributed by atoms with Gasteiger partial charge in [0, 0.05) is 17.7 Å². The van der Waals surface area contributed by atoms with Gasteiger partial charge in [-0.25, -0.2) is 4.79 Å². The molecule has 1 aromatic carbocycles. The first kappa shape index (κ1) is 21.6. The number of aliphatic hydroxyl groups is 1. The second kappa shape index (κ2) is 9.02. The van der Waals surface area contributed by atoms with Crippen LogP contribution >= 0.6 is 0 Å². The smallest absolute Gasteiger partial charge is 0.337 e. The summed E-state index contributed by atoms with van der Waals surface area (Å²) in [5, 5.41) is 10.3. The first-order chi connectivity index (χ1) is 12.5. The van der Waals surface area contributed by atoms with Crippen LogP contribution in [0.2, 0.25) is 0 Å². The third-order valence-electron chi connectivity index (χ3n) is 4.29. The van der Waals surface area contributed by atoms with E-state index in [1.807, 2.05) is 52.0 Å². The maximum absolute atomic E-state index is 12.4. The topological polar surface area (TPSA) is 72.8 Å². The third-order valence-corrected chi connectivity index (χ3v) is 5.77. The van der Waals surface area contributed by atoms with Crippen LogP contribution in [0.5, 0.6) is 0 Å². The summed E-state index contributed by atoms with van der Waals surface area (Å²) >= 11 is 0. The molecular weight excluding hydrogens is 364 g/mol. The van der Waals surface area contributed by atoms with Crippen molar-refractivity contribution in [2.45, 2.75) is 76.6 Å². The minimum atomic E-state index is -1.25. The lowest BCUT2D eigenvalue weighted by atomic mass is 10.1. The molecule has 0 bridgehead atoms. The third kappa shape index (κ3) is 6.78. The average molecular weight is 395 g/mol. The molecule has 2 rings (SSSR count). The van der Waals surface area contributed by atoms with Gasteiger partial charge in [-0.15, -0.1) is 0 Å². The number of carbonyl (C=O) groups is 1. The fourth-order valence-electron chi connectivity index (χ4n) is 2.85. The number of esters is 1. The molecule has 1 saturated heterocycles. The zero-order valence-corrected chi connectivity index (χ0v) is 17.6. The van der Waals surface area contributed by atoms with Gasteiger partial charge in [0.25, 0.3) is 0 Å². The van der Waals surface area contributed by atoms with Crippen LogP contribution in [0.25, 0.3) is 0 Å². The first-order valence-electron chi connectivity index (χ1n) is 9.28. The summed E-state index contributed by atoms with van der Waals surface area (Å²) in [5.74, 6) is 0.424. The molecule has 0 amide bonds. The Balaban J connectivity index is 1.88. The summed E-state index contributed by atoms with van der Waals surface area (Å²) in [4.78, 5) is 12.9. The highest BCUT2D eigenvalue weighted by Crippen LogP contribution is 2.29. The van der Waals surface area contributed by atoms with Crippen molar-refractivity contribution in [1.29, 1.82) is 0 Å². The van der Waals surface area contributed by atoms with E-state index in [1.54, 1.807) is 6.92 Å². The van der Waals surface area contributed by atoms with Crippen molar-refractivity contribution in [3.05, 3.63) is 41.2 Å². The summed E-state index contributed by atoms with van der Waals surface area (Å²) in [6, 6.07) is 7.48. The lowest BCUT2D eigenvalue weighted by molar-refractivity contribution is -0.150. The average Bonchev–Trinajstić information content (AvgIpc) is 3.01. The molecule has 1 N–H and O–H groups in total. The lowest BCUT2D eigenvalue weighted by Crippen LogP contribution is -2.25. The summed E-state index contributed by atoms with van der Waals surface area (Å²) in [7, 11) is -1.25. The molecule has 6 heteroatoms. The zero-order valence-electron chi connectivity index (χ0n) is 16.8. The van der Waals surface area contributed by atoms with Crippen molar-refractivity contribution in [3.8, 4) is 0 Å². The summed E-state index contributed by atoms with van der Waals surface area (Å²) in [6.45, 7) is 9.15. The maximum Gasteiger partial charge on any atom is 0.337 e. The fraction of sp³-hybridized carbons (Fsp3) is 0.571. The van der Waals surface area contributed by atoms with E-state index >= 15 is 0 Å². The molecule has 1 fully saturated rings. The number of ether oxygens (including phenoxy) is 2. The van der Waals surface area contributed by atoms with E-state index in [1.165, 1.54) is 0 Å². The van der Waals surface area contributed by atoms with E-state index in [4.69, 9.17) is 9.47 Å². The van der Waals surface area contributed by atoms with Crippen molar-refractivity contribution in [3.63, 3.8) is 0 Å². The Morgan fingerprint density at radius 3 is 2.56 bits per heavy atom. The first-order valence-corrected chi connectivity index (χ1v) is 10.6. The molecule has 0 unspecified atom stereocenters. The van der Waals surface area contributed by atoms with Gasteiger partial charge in [-0.1, -0.05) is 17.7 Å². The molecule has 5 nitrogen and oxygen atoms in total. The van der Waals surface area contributed by atoms with Crippen molar-refractivity contribution in [1.82, 2.24) is 0 Å². The van der Waals surface area contributed by atoms with Gasteiger partial charge < -0.3 is 14.6 Å².